The fourth-order valence-electron chi connectivity index (χ4n) is 2.93. The minimum absolute atomic E-state index is 0. The lowest BCUT2D eigenvalue weighted by molar-refractivity contribution is 0.122. The first-order chi connectivity index (χ1) is 10.9. The summed E-state index contributed by atoms with van der Waals surface area (Å²) in [6.07, 6.45) is 1.94. The molecule has 0 aromatic heterocycles. The van der Waals surface area contributed by atoms with Crippen LogP contribution in [0.15, 0.2) is 29.2 Å². The van der Waals surface area contributed by atoms with Gasteiger partial charge in [-0.3, -0.25) is 0 Å². The molecule has 1 aromatic rings. The van der Waals surface area contributed by atoms with Crippen molar-refractivity contribution in [3.8, 4) is 0 Å². The van der Waals surface area contributed by atoms with E-state index in [1.54, 1.807) is 19.2 Å². The van der Waals surface area contributed by atoms with E-state index in [2.05, 4.69) is 10.0 Å². The average molecular weight is 378 g/mol. The van der Waals surface area contributed by atoms with Crippen molar-refractivity contribution in [3.63, 3.8) is 0 Å². The Bertz CT molecular complexity index is 599. The number of sulfonamides is 1. The van der Waals surface area contributed by atoms with Crippen LogP contribution >= 0.6 is 12.4 Å². The Morgan fingerprint density at radius 3 is 2.46 bits per heavy atom. The summed E-state index contributed by atoms with van der Waals surface area (Å²) in [6.45, 7) is 2.51. The summed E-state index contributed by atoms with van der Waals surface area (Å²) in [7, 11) is 2.09. The van der Waals surface area contributed by atoms with Crippen LogP contribution in [-0.2, 0) is 21.3 Å². The molecule has 1 heterocycles. The summed E-state index contributed by atoms with van der Waals surface area (Å²) in [5.41, 5.74) is 0.787. The van der Waals surface area contributed by atoms with Gasteiger partial charge in [0.05, 0.1) is 17.0 Å². The number of methoxy groups -OCH3 is 1. The number of nitrogens with one attached hydrogen (secondary N) is 2. The van der Waals surface area contributed by atoms with Crippen molar-refractivity contribution in [2.45, 2.75) is 29.8 Å². The molecule has 1 aliphatic rings. The van der Waals surface area contributed by atoms with Gasteiger partial charge in [0.15, 0.2) is 0 Å². The summed E-state index contributed by atoms with van der Waals surface area (Å²) >= 11 is 0. The third-order valence-electron chi connectivity index (χ3n) is 4.09. The van der Waals surface area contributed by atoms with Crippen LogP contribution in [0.5, 0.6) is 0 Å². The molecule has 1 unspecified atom stereocenters. The van der Waals surface area contributed by atoms with E-state index in [9.17, 15) is 8.42 Å². The monoisotopic (exact) mass is 377 g/mol. The molecule has 1 atom stereocenters. The first-order valence-corrected chi connectivity index (χ1v) is 9.33. The van der Waals surface area contributed by atoms with Gasteiger partial charge in [0.2, 0.25) is 10.0 Å². The molecule has 2 rings (SSSR count). The molecule has 1 aliphatic heterocycles. The van der Waals surface area contributed by atoms with E-state index in [1.165, 1.54) is 0 Å². The molecule has 6 nitrogen and oxygen atoms in total. The first kappa shape index (κ1) is 21.3. The van der Waals surface area contributed by atoms with Gasteiger partial charge in [0.1, 0.15) is 0 Å². The van der Waals surface area contributed by atoms with Crippen molar-refractivity contribution in [1.29, 1.82) is 0 Å². The highest BCUT2D eigenvalue weighted by molar-refractivity contribution is 7.89. The van der Waals surface area contributed by atoms with Gasteiger partial charge >= 0.3 is 0 Å². The van der Waals surface area contributed by atoms with Crippen molar-refractivity contribution in [3.05, 3.63) is 29.8 Å². The fourth-order valence-corrected chi connectivity index (χ4v) is 4.05. The zero-order valence-corrected chi connectivity index (χ0v) is 16.2. The Morgan fingerprint density at radius 2 is 1.96 bits per heavy atom. The second-order valence-electron chi connectivity index (χ2n) is 6.45. The first-order valence-electron chi connectivity index (χ1n) is 7.84. The number of nitrogens with zero attached hydrogens (tertiary/aromatic N) is 1. The predicted octanol–water partition coefficient (Wildman–Crippen LogP) is 1.22. The molecule has 0 radical (unpaired) electrons. The summed E-state index contributed by atoms with van der Waals surface area (Å²) in [5, 5.41) is 3.37. The molecule has 1 saturated heterocycles. The van der Waals surface area contributed by atoms with Crippen LogP contribution in [-0.4, -0.2) is 59.8 Å². The standard InChI is InChI=1S/C16H27N3O3S.ClH/c1-19(2)11-14-5-7-15(8-6-14)23(20,21)18-12-16(13-22-3)9-4-10-17-16;/h5-8,17-18H,4,9-13H2,1-3H3;1H. The van der Waals surface area contributed by atoms with Crippen LogP contribution < -0.4 is 10.0 Å². The Morgan fingerprint density at radius 1 is 1.29 bits per heavy atom. The van der Waals surface area contributed by atoms with E-state index in [1.807, 2.05) is 31.1 Å². The molecule has 8 heteroatoms. The largest absolute Gasteiger partial charge is 0.383 e. The van der Waals surface area contributed by atoms with Crippen molar-refractivity contribution >= 4 is 22.4 Å². The molecule has 0 aliphatic carbocycles. The van der Waals surface area contributed by atoms with Gasteiger partial charge < -0.3 is 15.0 Å². The molecule has 0 amide bonds. The van der Waals surface area contributed by atoms with Gasteiger partial charge in [-0.25, -0.2) is 13.1 Å². The van der Waals surface area contributed by atoms with Crippen LogP contribution in [0, 0.1) is 0 Å². The number of hydrogen-bond acceptors (Lipinski definition) is 5. The maximum atomic E-state index is 12.5. The van der Waals surface area contributed by atoms with E-state index < -0.39 is 10.0 Å². The summed E-state index contributed by atoms with van der Waals surface area (Å²) in [4.78, 5) is 2.34. The lowest BCUT2D eigenvalue weighted by atomic mass is 9.99. The minimum Gasteiger partial charge on any atom is -0.383 e. The van der Waals surface area contributed by atoms with Gasteiger partial charge in [-0.2, -0.15) is 0 Å². The third-order valence-corrected chi connectivity index (χ3v) is 5.50. The lowest BCUT2D eigenvalue weighted by Crippen LogP contribution is -2.52. The van der Waals surface area contributed by atoms with E-state index in [0.717, 1.165) is 31.5 Å². The highest BCUT2D eigenvalue weighted by atomic mass is 35.5. The fraction of sp³-hybridized carbons (Fsp3) is 0.625. The lowest BCUT2D eigenvalue weighted by Gasteiger charge is -2.28. The SMILES string of the molecule is COCC1(CNS(=O)(=O)c2ccc(CN(C)C)cc2)CCCN1.Cl. The number of benzene rings is 1. The second-order valence-corrected chi connectivity index (χ2v) is 8.22. The summed E-state index contributed by atoms with van der Waals surface area (Å²) in [6, 6.07) is 7.03. The summed E-state index contributed by atoms with van der Waals surface area (Å²) in [5.74, 6) is 0. The smallest absolute Gasteiger partial charge is 0.240 e. The number of ether oxygens (including phenoxy) is 1. The normalized spacial score (nSPS) is 21.0. The van der Waals surface area contributed by atoms with Crippen LogP contribution in [0.4, 0.5) is 0 Å². The Kier molecular flexibility index (Phi) is 8.11. The molecule has 0 bridgehead atoms. The topological polar surface area (TPSA) is 70.7 Å². The van der Waals surface area contributed by atoms with Gasteiger partial charge in [-0.05, 0) is 51.2 Å². The van der Waals surface area contributed by atoms with Crippen molar-refractivity contribution < 1.29 is 13.2 Å². The summed E-state index contributed by atoms with van der Waals surface area (Å²) < 4.78 is 32.9. The molecular formula is C16H28ClN3O3S. The van der Waals surface area contributed by atoms with E-state index >= 15 is 0 Å². The van der Waals surface area contributed by atoms with Crippen molar-refractivity contribution in [1.82, 2.24) is 14.9 Å². The third kappa shape index (κ3) is 5.68. The Balaban J connectivity index is 0.00000288. The predicted molar refractivity (Wildman–Crippen MR) is 98.1 cm³/mol. The molecule has 0 spiro atoms. The molecular weight excluding hydrogens is 350 g/mol. The van der Waals surface area contributed by atoms with Gasteiger partial charge in [0.25, 0.3) is 0 Å². The maximum absolute atomic E-state index is 12.5. The maximum Gasteiger partial charge on any atom is 0.240 e. The zero-order chi connectivity index (χ0) is 16.9. The van der Waals surface area contributed by atoms with Gasteiger partial charge in [-0.1, -0.05) is 12.1 Å². The van der Waals surface area contributed by atoms with Crippen molar-refractivity contribution in [2.75, 3.05) is 40.9 Å². The molecule has 0 saturated carbocycles. The highest BCUT2D eigenvalue weighted by Crippen LogP contribution is 2.20. The molecule has 2 N–H and O–H groups in total. The molecule has 138 valence electrons. The number of rotatable bonds is 8. The molecule has 24 heavy (non-hydrogen) atoms. The van der Waals surface area contributed by atoms with Crippen molar-refractivity contribution in [2.24, 2.45) is 0 Å². The van der Waals surface area contributed by atoms with Crippen LogP contribution in [0.2, 0.25) is 0 Å². The zero-order valence-electron chi connectivity index (χ0n) is 14.5. The Labute approximate surface area is 151 Å². The quantitative estimate of drug-likeness (QED) is 0.712. The van der Waals surface area contributed by atoms with Gasteiger partial charge in [0, 0.05) is 20.2 Å². The molecule has 1 fully saturated rings. The van der Waals surface area contributed by atoms with Gasteiger partial charge in [-0.15, -0.1) is 12.4 Å². The molecule has 1 aromatic carbocycles. The minimum atomic E-state index is -3.51. The average Bonchev–Trinajstić information content (AvgIpc) is 2.95. The Hall–Kier alpha value is -0.700. The second kappa shape index (κ2) is 9.12. The van der Waals surface area contributed by atoms with Crippen LogP contribution in [0.1, 0.15) is 18.4 Å². The van der Waals surface area contributed by atoms with E-state index in [0.29, 0.717) is 18.0 Å². The van der Waals surface area contributed by atoms with E-state index in [-0.39, 0.29) is 17.9 Å². The van der Waals surface area contributed by atoms with Crippen LogP contribution in [0.25, 0.3) is 0 Å². The van der Waals surface area contributed by atoms with Crippen LogP contribution in [0.3, 0.4) is 0 Å². The number of halogens is 1. The van der Waals surface area contributed by atoms with E-state index in [4.69, 9.17) is 4.74 Å². The highest BCUT2D eigenvalue weighted by Gasteiger charge is 2.34. The number of hydrogen-bond donors (Lipinski definition) is 2.